The number of esters is 1. The van der Waals surface area contributed by atoms with E-state index in [0.717, 1.165) is 31.8 Å². The molecule has 0 saturated carbocycles. The van der Waals surface area contributed by atoms with E-state index in [0.29, 0.717) is 17.9 Å². The summed E-state index contributed by atoms with van der Waals surface area (Å²) < 4.78 is 39.4. The van der Waals surface area contributed by atoms with Gasteiger partial charge in [-0.25, -0.2) is 8.42 Å². The van der Waals surface area contributed by atoms with Crippen LogP contribution in [0.15, 0.2) is 48.5 Å². The fraction of sp³-hybridized carbons (Fsp3) is 0.480. The van der Waals surface area contributed by atoms with Gasteiger partial charge >= 0.3 is 5.97 Å². The van der Waals surface area contributed by atoms with Crippen molar-refractivity contribution in [3.05, 3.63) is 54.1 Å². The molecule has 8 heteroatoms. The van der Waals surface area contributed by atoms with E-state index in [1.54, 1.807) is 49.4 Å². The van der Waals surface area contributed by atoms with Gasteiger partial charge in [0, 0.05) is 6.42 Å². The monoisotopic (exact) mass is 474 g/mol. The molecule has 1 aliphatic heterocycles. The van der Waals surface area contributed by atoms with Crippen LogP contribution in [0.3, 0.4) is 0 Å². The third-order valence-electron chi connectivity index (χ3n) is 5.67. The highest BCUT2D eigenvalue weighted by molar-refractivity contribution is 7.91. The molecular weight excluding hydrogens is 440 g/mol. The smallest absolute Gasteiger partial charge is 0.311 e. The van der Waals surface area contributed by atoms with E-state index in [9.17, 15) is 13.2 Å². The normalized spacial score (nSPS) is 14.6. The first-order chi connectivity index (χ1) is 16.0. The van der Waals surface area contributed by atoms with Gasteiger partial charge in [0.15, 0.2) is 11.5 Å². The fourth-order valence-electron chi connectivity index (χ4n) is 3.89. The Hall–Kier alpha value is -2.58. The molecule has 1 saturated heterocycles. The summed E-state index contributed by atoms with van der Waals surface area (Å²) in [5.41, 5.74) is 0.859. The average Bonchev–Trinajstić information content (AvgIpc) is 2.81. The Balaban J connectivity index is 1.64. The van der Waals surface area contributed by atoms with Crippen LogP contribution in [0.25, 0.3) is 0 Å². The van der Waals surface area contributed by atoms with Crippen molar-refractivity contribution in [1.29, 1.82) is 0 Å². The Bertz CT molecular complexity index is 989. The Kier molecular flexibility index (Phi) is 9.57. The minimum atomic E-state index is -3.71. The Morgan fingerprint density at radius 2 is 1.82 bits per heavy atom. The third-order valence-corrected chi connectivity index (χ3v) is 6.92. The van der Waals surface area contributed by atoms with Gasteiger partial charge in [-0.1, -0.05) is 49.7 Å². The van der Waals surface area contributed by atoms with Crippen molar-refractivity contribution < 1.29 is 22.7 Å². The molecule has 0 radical (unpaired) electrons. The topological polar surface area (TPSA) is 93.7 Å². The number of carbonyl (C=O) groups is 1. The highest BCUT2D eigenvalue weighted by atomic mass is 32.2. The molecule has 33 heavy (non-hydrogen) atoms. The van der Waals surface area contributed by atoms with E-state index in [-0.39, 0.29) is 23.6 Å². The van der Waals surface area contributed by atoms with E-state index >= 15 is 0 Å². The molecule has 0 aromatic heterocycles. The lowest BCUT2D eigenvalue weighted by Crippen LogP contribution is -2.27. The van der Waals surface area contributed by atoms with Crippen LogP contribution in [0.1, 0.15) is 51.0 Å². The molecule has 7 nitrogen and oxygen atoms in total. The summed E-state index contributed by atoms with van der Waals surface area (Å²) in [4.78, 5) is 12.0. The van der Waals surface area contributed by atoms with Gasteiger partial charge in [0.05, 0.1) is 18.0 Å². The Morgan fingerprint density at radius 1 is 1.06 bits per heavy atom. The largest absolute Gasteiger partial charge is 0.490 e. The van der Waals surface area contributed by atoms with Crippen LogP contribution in [0.5, 0.6) is 11.5 Å². The minimum absolute atomic E-state index is 0.111. The van der Waals surface area contributed by atoms with Crippen LogP contribution >= 0.6 is 0 Å². The standard InChI is InChI=1S/C25H34N2O5S/c1-2-24(28)32-25-22(27-33(29,30)19-21-10-4-3-5-11-21)12-8-13-23(25)31-18-7-6-9-20-14-16-26-17-15-20/h3-5,8,10-13,20,26-27H,2,6-7,9,14-19H2,1H3. The van der Waals surface area contributed by atoms with Crippen LogP contribution in [0.2, 0.25) is 0 Å². The zero-order chi connectivity index (χ0) is 23.5. The van der Waals surface area contributed by atoms with E-state index in [2.05, 4.69) is 10.0 Å². The lowest BCUT2D eigenvalue weighted by Gasteiger charge is -2.22. The fourth-order valence-corrected chi connectivity index (χ4v) is 5.09. The number of carbonyl (C=O) groups excluding carboxylic acids is 1. The molecular formula is C25H34N2O5S. The van der Waals surface area contributed by atoms with Crippen LogP contribution < -0.4 is 19.5 Å². The summed E-state index contributed by atoms with van der Waals surface area (Å²) in [6, 6.07) is 13.9. The summed E-state index contributed by atoms with van der Waals surface area (Å²) in [7, 11) is -3.71. The quantitative estimate of drug-likeness (QED) is 0.267. The summed E-state index contributed by atoms with van der Waals surface area (Å²) in [6.45, 7) is 4.36. The maximum absolute atomic E-state index is 12.7. The van der Waals surface area contributed by atoms with E-state index in [1.165, 1.54) is 19.3 Å². The number of piperidine rings is 1. The second kappa shape index (κ2) is 12.6. The number of para-hydroxylation sites is 1. The number of unbranched alkanes of at least 4 members (excludes halogenated alkanes) is 1. The molecule has 0 bridgehead atoms. The third kappa shape index (κ3) is 8.37. The average molecular weight is 475 g/mol. The zero-order valence-electron chi connectivity index (χ0n) is 19.2. The first-order valence-electron chi connectivity index (χ1n) is 11.7. The first-order valence-corrected chi connectivity index (χ1v) is 13.3. The molecule has 2 aromatic rings. The number of nitrogens with one attached hydrogen (secondary N) is 2. The predicted molar refractivity (Wildman–Crippen MR) is 130 cm³/mol. The maximum atomic E-state index is 12.7. The van der Waals surface area contributed by atoms with Gasteiger partial charge in [0.1, 0.15) is 0 Å². The van der Waals surface area contributed by atoms with Crippen molar-refractivity contribution in [1.82, 2.24) is 5.32 Å². The second-order valence-electron chi connectivity index (χ2n) is 8.34. The molecule has 0 unspecified atom stereocenters. The molecule has 180 valence electrons. The summed E-state index contributed by atoms with van der Waals surface area (Å²) in [5.74, 6) is 0.601. The van der Waals surface area contributed by atoms with Crippen LogP contribution in [-0.2, 0) is 20.6 Å². The second-order valence-corrected chi connectivity index (χ2v) is 10.1. The summed E-state index contributed by atoms with van der Waals surface area (Å²) in [5, 5.41) is 3.38. The molecule has 1 aliphatic rings. The number of hydrogen-bond acceptors (Lipinski definition) is 6. The van der Waals surface area contributed by atoms with Crippen LogP contribution in [-0.4, -0.2) is 34.1 Å². The minimum Gasteiger partial charge on any atom is -0.490 e. The predicted octanol–water partition coefficient (Wildman–Crippen LogP) is 4.49. The number of hydrogen-bond donors (Lipinski definition) is 2. The van der Waals surface area contributed by atoms with Gasteiger partial charge in [-0.2, -0.15) is 0 Å². The highest BCUT2D eigenvalue weighted by Crippen LogP contribution is 2.37. The Labute approximate surface area is 196 Å². The van der Waals surface area contributed by atoms with Gasteiger partial charge in [-0.15, -0.1) is 0 Å². The molecule has 0 atom stereocenters. The highest BCUT2D eigenvalue weighted by Gasteiger charge is 2.20. The van der Waals surface area contributed by atoms with Gasteiger partial charge in [-0.3, -0.25) is 9.52 Å². The molecule has 1 fully saturated rings. The lowest BCUT2D eigenvalue weighted by atomic mass is 9.93. The zero-order valence-corrected chi connectivity index (χ0v) is 20.0. The van der Waals surface area contributed by atoms with E-state index < -0.39 is 16.0 Å². The molecule has 3 rings (SSSR count). The molecule has 2 aromatic carbocycles. The Morgan fingerprint density at radius 3 is 2.55 bits per heavy atom. The van der Waals surface area contributed by atoms with Gasteiger partial charge in [0.25, 0.3) is 0 Å². The van der Waals surface area contributed by atoms with Gasteiger partial charge in [0.2, 0.25) is 10.0 Å². The van der Waals surface area contributed by atoms with Crippen molar-refractivity contribution >= 4 is 21.7 Å². The van der Waals surface area contributed by atoms with E-state index in [1.807, 2.05) is 6.07 Å². The van der Waals surface area contributed by atoms with Crippen LogP contribution in [0, 0.1) is 5.92 Å². The molecule has 0 aliphatic carbocycles. The molecule has 2 N–H and O–H groups in total. The lowest BCUT2D eigenvalue weighted by molar-refractivity contribution is -0.134. The van der Waals surface area contributed by atoms with Crippen molar-refractivity contribution in [3.63, 3.8) is 0 Å². The summed E-state index contributed by atoms with van der Waals surface area (Å²) in [6.07, 6.45) is 5.75. The van der Waals surface area contributed by atoms with Crippen molar-refractivity contribution in [3.8, 4) is 11.5 Å². The maximum Gasteiger partial charge on any atom is 0.311 e. The van der Waals surface area contributed by atoms with Gasteiger partial charge in [-0.05, 0) is 62.4 Å². The number of ether oxygens (including phenoxy) is 2. The first kappa shape index (κ1) is 25.1. The molecule has 0 amide bonds. The van der Waals surface area contributed by atoms with Crippen LogP contribution in [0.4, 0.5) is 5.69 Å². The number of anilines is 1. The number of benzene rings is 2. The molecule has 1 heterocycles. The van der Waals surface area contributed by atoms with E-state index in [4.69, 9.17) is 9.47 Å². The number of rotatable bonds is 12. The SMILES string of the molecule is CCC(=O)Oc1c(NS(=O)(=O)Cc2ccccc2)cccc1OCCCCC1CCNCC1. The van der Waals surface area contributed by atoms with Crippen molar-refractivity contribution in [2.24, 2.45) is 5.92 Å². The number of sulfonamides is 1. The molecule has 0 spiro atoms. The van der Waals surface area contributed by atoms with Crippen molar-refractivity contribution in [2.75, 3.05) is 24.4 Å². The van der Waals surface area contributed by atoms with Crippen molar-refractivity contribution in [2.45, 2.75) is 51.2 Å². The van der Waals surface area contributed by atoms with Gasteiger partial charge < -0.3 is 14.8 Å². The summed E-state index contributed by atoms with van der Waals surface area (Å²) >= 11 is 0.